The van der Waals surface area contributed by atoms with Gasteiger partial charge in [0.2, 0.25) is 0 Å². The van der Waals surface area contributed by atoms with Crippen molar-refractivity contribution >= 4 is 5.82 Å². The van der Waals surface area contributed by atoms with Gasteiger partial charge in [0.15, 0.2) is 0 Å². The molecule has 3 heteroatoms. The van der Waals surface area contributed by atoms with Crippen LogP contribution in [0.2, 0.25) is 0 Å². The highest BCUT2D eigenvalue weighted by atomic mass is 15.0. The highest BCUT2D eigenvalue weighted by molar-refractivity contribution is 5.56. The van der Waals surface area contributed by atoms with Crippen molar-refractivity contribution in [2.45, 2.75) is 58.4 Å². The minimum atomic E-state index is 0.734. The van der Waals surface area contributed by atoms with E-state index in [2.05, 4.69) is 35.4 Å². The first-order valence-electron chi connectivity index (χ1n) is 9.11. The highest BCUT2D eigenvalue weighted by Gasteiger charge is 2.25. The lowest BCUT2D eigenvalue weighted by Crippen LogP contribution is -2.26. The number of aryl methyl sites for hydroxylation is 1. The zero-order chi connectivity index (χ0) is 16.8. The summed E-state index contributed by atoms with van der Waals surface area (Å²) >= 11 is 0. The number of hydrogen-bond acceptors (Lipinski definition) is 2. The van der Waals surface area contributed by atoms with Gasteiger partial charge in [0, 0.05) is 6.42 Å². The molecule has 0 radical (unpaired) electrons. The molecular formula is C21H26N3+. The molecule has 124 valence electrons. The average Bonchev–Trinajstić information content (AvgIpc) is 2.65. The Labute approximate surface area is 144 Å². The third-order valence-corrected chi connectivity index (χ3v) is 4.86. The Morgan fingerprint density at radius 3 is 2.58 bits per heavy atom. The van der Waals surface area contributed by atoms with Gasteiger partial charge in [-0.1, -0.05) is 43.7 Å². The molecule has 1 aliphatic rings. The van der Waals surface area contributed by atoms with Crippen LogP contribution in [0.25, 0.3) is 0 Å². The maximum atomic E-state index is 9.73. The van der Waals surface area contributed by atoms with E-state index in [1.165, 1.54) is 48.1 Å². The van der Waals surface area contributed by atoms with E-state index < -0.39 is 0 Å². The first-order chi connectivity index (χ1) is 11.8. The molecule has 24 heavy (non-hydrogen) atoms. The number of anilines is 1. The van der Waals surface area contributed by atoms with Gasteiger partial charge in [0.1, 0.15) is 23.9 Å². The topological polar surface area (TPSA) is 50.0 Å². The van der Waals surface area contributed by atoms with Gasteiger partial charge < -0.3 is 0 Å². The Morgan fingerprint density at radius 1 is 1.12 bits per heavy atom. The molecule has 1 aromatic heterocycles. The summed E-state index contributed by atoms with van der Waals surface area (Å²) in [4.78, 5) is 3.56. The van der Waals surface area contributed by atoms with Crippen LogP contribution in [0.15, 0.2) is 30.3 Å². The van der Waals surface area contributed by atoms with Crippen molar-refractivity contribution in [3.8, 4) is 6.07 Å². The van der Waals surface area contributed by atoms with Crippen molar-refractivity contribution in [3.05, 3.63) is 58.3 Å². The van der Waals surface area contributed by atoms with Crippen LogP contribution >= 0.6 is 0 Å². The van der Waals surface area contributed by atoms with Crippen LogP contribution in [0.3, 0.4) is 0 Å². The van der Waals surface area contributed by atoms with Gasteiger partial charge in [-0.05, 0) is 48.8 Å². The molecule has 0 unspecified atom stereocenters. The SMILES string of the molecule is CCCCc1[nH+]c(NCc2ccccc2)c(C#N)c2c1CCCC2. The number of unbranched alkanes of at least 4 members (excludes halogenated alkanes) is 1. The second kappa shape index (κ2) is 7.97. The van der Waals surface area contributed by atoms with E-state index in [4.69, 9.17) is 0 Å². The Hall–Kier alpha value is -2.34. The number of fused-ring (bicyclic) bond motifs is 1. The smallest absolute Gasteiger partial charge is 0.269 e. The third-order valence-electron chi connectivity index (χ3n) is 4.86. The number of rotatable bonds is 6. The van der Waals surface area contributed by atoms with Crippen LogP contribution in [0.5, 0.6) is 0 Å². The summed E-state index contributed by atoms with van der Waals surface area (Å²) in [5, 5.41) is 13.2. The van der Waals surface area contributed by atoms with Crippen LogP contribution in [0.4, 0.5) is 5.82 Å². The van der Waals surface area contributed by atoms with Gasteiger partial charge in [-0.2, -0.15) is 5.26 Å². The number of aromatic amines is 1. The fourth-order valence-electron chi connectivity index (χ4n) is 3.56. The molecule has 3 rings (SSSR count). The lowest BCUT2D eigenvalue weighted by atomic mass is 9.86. The van der Waals surface area contributed by atoms with E-state index in [-0.39, 0.29) is 0 Å². The van der Waals surface area contributed by atoms with Crippen LogP contribution in [0, 0.1) is 11.3 Å². The van der Waals surface area contributed by atoms with Crippen LogP contribution in [0.1, 0.15) is 60.6 Å². The minimum Gasteiger partial charge on any atom is -0.269 e. The summed E-state index contributed by atoms with van der Waals surface area (Å²) in [6.45, 7) is 2.96. The molecule has 0 spiro atoms. The van der Waals surface area contributed by atoms with E-state index in [0.29, 0.717) is 0 Å². The molecule has 3 nitrogen and oxygen atoms in total. The standard InChI is InChI=1S/C21H25N3/c1-2-3-13-20-18-12-8-7-11-17(18)19(14-22)21(24-20)23-15-16-9-5-4-6-10-16/h4-6,9-10H,2-3,7-8,11-13,15H2,1H3,(H,23,24)/p+1. The Balaban J connectivity index is 1.93. The van der Waals surface area contributed by atoms with Crippen molar-refractivity contribution in [2.75, 3.05) is 5.32 Å². The molecule has 1 heterocycles. The first kappa shape index (κ1) is 16.5. The van der Waals surface area contributed by atoms with Crippen molar-refractivity contribution < 1.29 is 4.98 Å². The zero-order valence-corrected chi connectivity index (χ0v) is 14.5. The van der Waals surface area contributed by atoms with Gasteiger partial charge in [-0.25, -0.2) is 4.98 Å². The largest absolute Gasteiger partial charge is 0.291 e. The number of benzene rings is 1. The van der Waals surface area contributed by atoms with Crippen molar-refractivity contribution in [2.24, 2.45) is 0 Å². The average molecular weight is 320 g/mol. The monoisotopic (exact) mass is 320 g/mol. The first-order valence-corrected chi connectivity index (χ1v) is 9.11. The summed E-state index contributed by atoms with van der Waals surface area (Å²) < 4.78 is 0. The Kier molecular flexibility index (Phi) is 5.48. The number of pyridine rings is 1. The minimum absolute atomic E-state index is 0.734. The maximum Gasteiger partial charge on any atom is 0.291 e. The second-order valence-electron chi connectivity index (χ2n) is 6.57. The predicted molar refractivity (Wildman–Crippen MR) is 96.7 cm³/mol. The van der Waals surface area contributed by atoms with Gasteiger partial charge in [0.05, 0.1) is 0 Å². The molecule has 0 aliphatic heterocycles. The summed E-state index contributed by atoms with van der Waals surface area (Å²) in [7, 11) is 0. The fraction of sp³-hybridized carbons (Fsp3) is 0.429. The lowest BCUT2D eigenvalue weighted by molar-refractivity contribution is -0.375. The van der Waals surface area contributed by atoms with Crippen LogP contribution in [-0.4, -0.2) is 0 Å². The molecule has 0 fully saturated rings. The van der Waals surface area contributed by atoms with E-state index in [9.17, 15) is 5.26 Å². The molecule has 2 N–H and O–H groups in total. The molecule has 2 aromatic rings. The molecule has 0 atom stereocenters. The summed E-state index contributed by atoms with van der Waals surface area (Å²) in [5.74, 6) is 0.896. The molecular weight excluding hydrogens is 294 g/mol. The zero-order valence-electron chi connectivity index (χ0n) is 14.5. The van der Waals surface area contributed by atoms with Gasteiger partial charge >= 0.3 is 0 Å². The summed E-state index contributed by atoms with van der Waals surface area (Å²) in [6.07, 6.45) is 8.02. The second-order valence-corrected chi connectivity index (χ2v) is 6.57. The number of aromatic nitrogens is 1. The van der Waals surface area contributed by atoms with Crippen LogP contribution < -0.4 is 10.3 Å². The van der Waals surface area contributed by atoms with E-state index >= 15 is 0 Å². The number of hydrogen-bond donors (Lipinski definition) is 1. The summed E-state index contributed by atoms with van der Waals surface area (Å²) in [5.41, 5.74) is 6.07. The predicted octanol–water partition coefficient (Wildman–Crippen LogP) is 4.21. The normalized spacial score (nSPS) is 13.2. The Bertz CT molecular complexity index is 729. The van der Waals surface area contributed by atoms with Crippen molar-refractivity contribution in [1.82, 2.24) is 0 Å². The fourth-order valence-corrected chi connectivity index (χ4v) is 3.56. The van der Waals surface area contributed by atoms with Crippen LogP contribution in [-0.2, 0) is 25.8 Å². The number of H-pyrrole nitrogens is 1. The van der Waals surface area contributed by atoms with Crippen molar-refractivity contribution in [3.63, 3.8) is 0 Å². The number of nitrogens with zero attached hydrogens (tertiary/aromatic N) is 1. The molecule has 0 saturated heterocycles. The molecule has 0 saturated carbocycles. The summed E-state index contributed by atoms with van der Waals surface area (Å²) in [6, 6.07) is 12.8. The molecule has 1 aromatic carbocycles. The van der Waals surface area contributed by atoms with Gasteiger partial charge in [-0.3, -0.25) is 5.32 Å². The number of nitriles is 1. The van der Waals surface area contributed by atoms with Gasteiger partial charge in [-0.15, -0.1) is 0 Å². The maximum absolute atomic E-state index is 9.73. The highest BCUT2D eigenvalue weighted by Crippen LogP contribution is 2.29. The van der Waals surface area contributed by atoms with E-state index in [0.717, 1.165) is 37.2 Å². The van der Waals surface area contributed by atoms with Crippen molar-refractivity contribution in [1.29, 1.82) is 5.26 Å². The molecule has 0 amide bonds. The number of nitrogens with one attached hydrogen (secondary N) is 2. The Morgan fingerprint density at radius 2 is 1.88 bits per heavy atom. The third kappa shape index (κ3) is 3.59. The van der Waals surface area contributed by atoms with E-state index in [1.54, 1.807) is 0 Å². The van der Waals surface area contributed by atoms with E-state index in [1.807, 2.05) is 18.2 Å². The molecule has 0 bridgehead atoms. The molecule has 1 aliphatic carbocycles. The van der Waals surface area contributed by atoms with Gasteiger partial charge in [0.25, 0.3) is 5.82 Å². The lowest BCUT2D eigenvalue weighted by Gasteiger charge is -2.20. The quantitative estimate of drug-likeness (QED) is 0.867.